The smallest absolute Gasteiger partial charge is 0.406 e. The number of hydrogen-bond acceptors (Lipinski definition) is 3. The Balaban J connectivity index is 1.66. The molecule has 0 saturated carbocycles. The third-order valence-corrected chi connectivity index (χ3v) is 4.31. The van der Waals surface area contributed by atoms with Gasteiger partial charge in [-0.3, -0.25) is 4.79 Å². The minimum Gasteiger partial charge on any atom is -0.406 e. The van der Waals surface area contributed by atoms with Crippen LogP contribution in [0.15, 0.2) is 48.5 Å². The van der Waals surface area contributed by atoms with Crippen molar-refractivity contribution < 1.29 is 27.1 Å². The van der Waals surface area contributed by atoms with E-state index in [1.807, 2.05) is 0 Å². The van der Waals surface area contributed by atoms with Gasteiger partial charge in [0, 0.05) is 18.1 Å². The quantitative estimate of drug-likeness (QED) is 0.542. The first-order chi connectivity index (χ1) is 12.3. The molecule has 0 heterocycles. The first kappa shape index (κ1) is 20.1. The SMILES string of the molecule is O=C(Cc1ccc(OC(F)(F)F)cc1)NCCSCc1ccccc1F. The first-order valence-corrected chi connectivity index (χ1v) is 8.91. The second kappa shape index (κ2) is 9.47. The predicted molar refractivity (Wildman–Crippen MR) is 92.4 cm³/mol. The number of hydrogen-bond donors (Lipinski definition) is 1. The number of rotatable bonds is 8. The molecule has 0 aliphatic heterocycles. The molecular formula is C18H17F4NO2S. The second-order valence-corrected chi connectivity index (χ2v) is 6.47. The van der Waals surface area contributed by atoms with Crippen LogP contribution in [-0.4, -0.2) is 24.6 Å². The van der Waals surface area contributed by atoms with Crippen molar-refractivity contribution >= 4 is 17.7 Å². The highest BCUT2D eigenvalue weighted by atomic mass is 32.2. The average Bonchev–Trinajstić information content (AvgIpc) is 2.56. The van der Waals surface area contributed by atoms with Crippen molar-refractivity contribution in [2.75, 3.05) is 12.3 Å². The van der Waals surface area contributed by atoms with Gasteiger partial charge in [0.25, 0.3) is 0 Å². The Morgan fingerprint density at radius 1 is 1.08 bits per heavy atom. The van der Waals surface area contributed by atoms with Gasteiger partial charge in [0.15, 0.2) is 0 Å². The topological polar surface area (TPSA) is 38.3 Å². The lowest BCUT2D eigenvalue weighted by Crippen LogP contribution is -2.27. The Hall–Kier alpha value is -2.22. The van der Waals surface area contributed by atoms with Gasteiger partial charge in [0.05, 0.1) is 6.42 Å². The van der Waals surface area contributed by atoms with Crippen LogP contribution in [0.3, 0.4) is 0 Å². The fraction of sp³-hybridized carbons (Fsp3) is 0.278. The summed E-state index contributed by atoms with van der Waals surface area (Å²) in [6.45, 7) is 0.424. The van der Waals surface area contributed by atoms with E-state index in [1.165, 1.54) is 42.1 Å². The molecule has 0 aromatic heterocycles. The Bertz CT molecular complexity index is 720. The highest BCUT2D eigenvalue weighted by Gasteiger charge is 2.30. The lowest BCUT2D eigenvalue weighted by Gasteiger charge is -2.09. The van der Waals surface area contributed by atoms with Gasteiger partial charge in [-0.2, -0.15) is 11.8 Å². The molecule has 2 aromatic carbocycles. The van der Waals surface area contributed by atoms with Crippen molar-refractivity contribution in [2.45, 2.75) is 18.5 Å². The summed E-state index contributed by atoms with van der Waals surface area (Å²) in [6, 6.07) is 11.7. The number of carbonyl (C=O) groups is 1. The molecule has 0 bridgehead atoms. The van der Waals surface area contributed by atoms with Crippen LogP contribution in [-0.2, 0) is 17.0 Å². The van der Waals surface area contributed by atoms with E-state index < -0.39 is 6.36 Å². The summed E-state index contributed by atoms with van der Waals surface area (Å²) in [5, 5.41) is 2.72. The number of thioether (sulfide) groups is 1. The number of alkyl halides is 3. The third kappa shape index (κ3) is 7.35. The van der Waals surface area contributed by atoms with Gasteiger partial charge in [-0.15, -0.1) is 13.2 Å². The zero-order valence-corrected chi connectivity index (χ0v) is 14.5. The van der Waals surface area contributed by atoms with Gasteiger partial charge >= 0.3 is 6.36 Å². The lowest BCUT2D eigenvalue weighted by atomic mass is 10.1. The molecule has 2 rings (SSSR count). The van der Waals surface area contributed by atoms with E-state index in [4.69, 9.17) is 0 Å². The van der Waals surface area contributed by atoms with E-state index in [1.54, 1.807) is 18.2 Å². The summed E-state index contributed by atoms with van der Waals surface area (Å²) in [6.07, 6.45) is -4.68. The Labute approximate surface area is 152 Å². The summed E-state index contributed by atoms with van der Waals surface area (Å²) in [5.74, 6) is 0.330. The van der Waals surface area contributed by atoms with Crippen LogP contribution in [0.4, 0.5) is 17.6 Å². The van der Waals surface area contributed by atoms with Gasteiger partial charge in [-0.25, -0.2) is 4.39 Å². The molecule has 8 heteroatoms. The molecule has 3 nitrogen and oxygen atoms in total. The predicted octanol–water partition coefficient (Wildman–Crippen LogP) is 4.32. The molecule has 0 aliphatic carbocycles. The van der Waals surface area contributed by atoms with Crippen LogP contribution in [0.1, 0.15) is 11.1 Å². The summed E-state index contributed by atoms with van der Waals surface area (Å²) in [4.78, 5) is 11.8. The van der Waals surface area contributed by atoms with E-state index in [2.05, 4.69) is 10.1 Å². The molecule has 0 aliphatic rings. The number of amides is 1. The molecule has 1 N–H and O–H groups in total. The largest absolute Gasteiger partial charge is 0.573 e. The van der Waals surface area contributed by atoms with Gasteiger partial charge in [-0.1, -0.05) is 30.3 Å². The van der Waals surface area contributed by atoms with Gasteiger partial charge in [0.1, 0.15) is 11.6 Å². The normalized spacial score (nSPS) is 11.2. The fourth-order valence-corrected chi connectivity index (χ4v) is 2.96. The fourth-order valence-electron chi connectivity index (χ4n) is 2.12. The van der Waals surface area contributed by atoms with E-state index in [-0.39, 0.29) is 23.9 Å². The molecule has 0 spiro atoms. The van der Waals surface area contributed by atoms with Crippen molar-refractivity contribution in [3.05, 3.63) is 65.5 Å². The van der Waals surface area contributed by atoms with Crippen LogP contribution in [0.25, 0.3) is 0 Å². The van der Waals surface area contributed by atoms with E-state index in [0.717, 1.165) is 0 Å². The number of ether oxygens (including phenoxy) is 1. The summed E-state index contributed by atoms with van der Waals surface area (Å²) < 4.78 is 53.4. The van der Waals surface area contributed by atoms with E-state index >= 15 is 0 Å². The molecule has 0 fully saturated rings. The maximum absolute atomic E-state index is 13.4. The van der Waals surface area contributed by atoms with Crippen LogP contribution in [0.2, 0.25) is 0 Å². The van der Waals surface area contributed by atoms with Crippen LogP contribution < -0.4 is 10.1 Å². The van der Waals surface area contributed by atoms with Gasteiger partial charge in [-0.05, 0) is 29.3 Å². The zero-order valence-electron chi connectivity index (χ0n) is 13.7. The summed E-state index contributed by atoms with van der Waals surface area (Å²) >= 11 is 1.50. The molecule has 140 valence electrons. The maximum atomic E-state index is 13.4. The van der Waals surface area contributed by atoms with Crippen LogP contribution >= 0.6 is 11.8 Å². The average molecular weight is 387 g/mol. The van der Waals surface area contributed by atoms with Gasteiger partial charge < -0.3 is 10.1 Å². The molecule has 0 saturated heterocycles. The first-order valence-electron chi connectivity index (χ1n) is 7.76. The minimum absolute atomic E-state index is 0.0598. The molecule has 26 heavy (non-hydrogen) atoms. The maximum Gasteiger partial charge on any atom is 0.573 e. The number of carbonyl (C=O) groups excluding carboxylic acids is 1. The number of nitrogens with one attached hydrogen (secondary N) is 1. The Morgan fingerprint density at radius 2 is 1.77 bits per heavy atom. The van der Waals surface area contributed by atoms with Crippen molar-refractivity contribution in [1.29, 1.82) is 0 Å². The van der Waals surface area contributed by atoms with Crippen LogP contribution in [0, 0.1) is 5.82 Å². The van der Waals surface area contributed by atoms with Crippen molar-refractivity contribution in [3.8, 4) is 5.75 Å². The Kier molecular flexibility index (Phi) is 7.32. The summed E-state index contributed by atoms with van der Waals surface area (Å²) in [7, 11) is 0. The van der Waals surface area contributed by atoms with Crippen molar-refractivity contribution in [1.82, 2.24) is 5.32 Å². The second-order valence-electron chi connectivity index (χ2n) is 5.36. The third-order valence-electron chi connectivity index (χ3n) is 3.31. The highest BCUT2D eigenvalue weighted by molar-refractivity contribution is 7.98. The van der Waals surface area contributed by atoms with Crippen LogP contribution in [0.5, 0.6) is 5.75 Å². The number of halogens is 4. The highest BCUT2D eigenvalue weighted by Crippen LogP contribution is 2.22. The molecule has 2 aromatic rings. The van der Waals surface area contributed by atoms with Crippen molar-refractivity contribution in [3.63, 3.8) is 0 Å². The summed E-state index contributed by atoms with van der Waals surface area (Å²) in [5.41, 5.74) is 1.20. The molecular weight excluding hydrogens is 370 g/mol. The lowest BCUT2D eigenvalue weighted by molar-refractivity contribution is -0.274. The number of benzene rings is 2. The van der Waals surface area contributed by atoms with Gasteiger partial charge in [0.2, 0.25) is 5.91 Å². The van der Waals surface area contributed by atoms with E-state index in [9.17, 15) is 22.4 Å². The molecule has 0 radical (unpaired) electrons. The Morgan fingerprint density at radius 3 is 2.42 bits per heavy atom. The standard InChI is InChI=1S/C18H17F4NO2S/c19-16-4-2-1-3-14(16)12-26-10-9-23-17(24)11-13-5-7-15(8-6-13)25-18(20,21)22/h1-8H,9-12H2,(H,23,24). The molecule has 1 amide bonds. The molecule has 0 atom stereocenters. The minimum atomic E-state index is -4.74. The van der Waals surface area contributed by atoms with Crippen molar-refractivity contribution in [2.24, 2.45) is 0 Å². The monoisotopic (exact) mass is 387 g/mol. The molecule has 0 unspecified atom stereocenters. The van der Waals surface area contributed by atoms with E-state index in [0.29, 0.717) is 29.2 Å². The zero-order chi connectivity index (χ0) is 19.0.